The molecule has 0 heterocycles. The van der Waals surface area contributed by atoms with Crippen LogP contribution in [0.4, 0.5) is 0 Å². The molecule has 0 saturated heterocycles. The largest absolute Gasteiger partial charge is 0.432 e. The average Bonchev–Trinajstić information content (AvgIpc) is 0.990. The smallest absolute Gasteiger partial charge is 0.182 e. The number of rotatable bonds is 144. The molecule has 0 spiro atoms. The van der Waals surface area contributed by atoms with Gasteiger partial charge in [-0.05, 0) is 25.6 Å². The maximum absolute atomic E-state index is 9.91. The molecule has 0 aromatic rings. The summed E-state index contributed by atoms with van der Waals surface area (Å²) < 4.78 is 249. The predicted octanol–water partition coefficient (Wildman–Crippen LogP) is 5.07. The van der Waals surface area contributed by atoms with E-state index in [9.17, 15) is 4.80 Å². The number of hydrogen-bond acceptors (Lipinski definition) is 46. The van der Waals surface area contributed by atoms with Crippen LogP contribution in [0.2, 0.25) is 19.1 Å². The Morgan fingerprint density at radius 3 is 0.242 bits per heavy atom. The van der Waals surface area contributed by atoms with Gasteiger partial charge >= 0.3 is 0 Å². The summed E-state index contributed by atoms with van der Waals surface area (Å²) in [5.74, 6) is 0. The molecule has 0 rings (SSSR count). The van der Waals surface area contributed by atoms with E-state index in [1.807, 2.05) is 13.1 Å². The molecular weight excluding hydrogens is 1990 g/mol. The minimum absolute atomic E-state index is 0.472. The van der Waals surface area contributed by atoms with Gasteiger partial charge in [-0.25, -0.2) is 0 Å². The predicted molar refractivity (Wildman–Crippen MR) is 554 cm³/mol. The first-order valence-electron chi connectivity index (χ1n) is 54.7. The van der Waals surface area contributed by atoms with E-state index in [0.717, 1.165) is 19.1 Å². The highest BCUT2D eigenvalue weighted by molar-refractivity contribution is 6.69. The molecule has 0 unspecified atom stereocenters. The van der Waals surface area contributed by atoms with Crippen molar-refractivity contribution in [1.82, 2.24) is 0 Å². The van der Waals surface area contributed by atoms with Crippen LogP contribution in [0, 0.1) is 0 Å². The van der Waals surface area contributed by atoms with Gasteiger partial charge in [0, 0.05) is 13.7 Å². The quantitative estimate of drug-likeness (QED) is 0.0613. The minimum atomic E-state index is -1.85. The maximum atomic E-state index is 9.91. The summed E-state index contributed by atoms with van der Waals surface area (Å²) >= 11 is 0. The van der Waals surface area contributed by atoms with Crippen molar-refractivity contribution < 1.29 is 218 Å². The fourth-order valence-corrected chi connectivity index (χ4v) is 12.8. The van der Waals surface area contributed by atoms with Crippen LogP contribution in [-0.2, 0) is 213 Å². The van der Waals surface area contributed by atoms with Crippen molar-refractivity contribution in [1.29, 1.82) is 0 Å². The highest BCUT2D eigenvalue weighted by Crippen LogP contribution is 2.15. The van der Waals surface area contributed by atoms with Crippen LogP contribution >= 0.6 is 0 Å². The fourth-order valence-electron chi connectivity index (χ4n) is 11.7. The molecule has 0 fully saturated rings. The lowest BCUT2D eigenvalue weighted by Crippen LogP contribution is -2.23. The molecule has 0 atom stereocenters. The van der Waals surface area contributed by atoms with E-state index in [2.05, 4.69) is 0 Å². The van der Waals surface area contributed by atoms with Crippen molar-refractivity contribution in [2.24, 2.45) is 0 Å². The second kappa shape index (κ2) is 141. The third-order valence-electron chi connectivity index (χ3n) is 19.5. The normalized spacial score (nSPS) is 12.0. The summed E-state index contributed by atoms with van der Waals surface area (Å²) in [5.41, 5.74) is 0. The summed E-state index contributed by atoms with van der Waals surface area (Å²) in [6, 6.07) is 1.03. The fraction of sp³-hybridized carbons (Fsp3) is 1.00. The Kier molecular flexibility index (Phi) is 139. The van der Waals surface area contributed by atoms with Crippen molar-refractivity contribution >= 4 is 8.32 Å². The van der Waals surface area contributed by atoms with E-state index < -0.39 is 8.32 Å². The molecule has 0 aliphatic rings. The van der Waals surface area contributed by atoms with Crippen molar-refractivity contribution in [2.75, 3.05) is 595 Å². The Bertz CT molecular complexity index is 2050. The first-order chi connectivity index (χ1) is 74.1. The van der Waals surface area contributed by atoms with Crippen molar-refractivity contribution in [3.05, 3.63) is 0 Å². The second-order valence-electron chi connectivity index (χ2n) is 32.7. The SMILES string of the molecule is COCCOCCOCCOCCOCCOCCOCCOCCOCCOCCOCCOCCOCCOCCOCCOCCOCCOCCOCCOCCOCCOCCOCCOCCOCCOCCOCCOCCOCCOCCOCCOCCOCCOCCOCCOCCOCCOCCOCCOCCOCCOCCOCCOCCOCCCCCCCCCCC[Si](C)(C)O. The molecule has 0 amide bonds. The van der Waals surface area contributed by atoms with E-state index in [1.54, 1.807) is 7.11 Å². The zero-order valence-electron chi connectivity index (χ0n) is 92.3. The first-order valence-corrected chi connectivity index (χ1v) is 57.8. The van der Waals surface area contributed by atoms with Gasteiger partial charge in [0.15, 0.2) is 8.32 Å². The summed E-state index contributed by atoms with van der Waals surface area (Å²) in [6.07, 6.45) is 11.3. The Morgan fingerprint density at radius 1 is 0.0940 bits per heavy atom. The first kappa shape index (κ1) is 147. The van der Waals surface area contributed by atoms with Gasteiger partial charge in [0.1, 0.15) is 0 Å². The molecule has 0 radical (unpaired) electrons. The van der Waals surface area contributed by atoms with E-state index in [1.165, 1.54) is 51.4 Å². The summed E-state index contributed by atoms with van der Waals surface area (Å²) in [6.45, 7) is 47.9. The Balaban J connectivity index is 3.11. The lowest BCUT2D eigenvalue weighted by molar-refractivity contribution is -0.0329. The van der Waals surface area contributed by atoms with Crippen LogP contribution in [0.15, 0.2) is 0 Å². The molecule has 46 nitrogen and oxygen atoms in total. The Labute approximate surface area is 894 Å². The number of methoxy groups -OCH3 is 1. The number of hydrogen-bond donors (Lipinski definition) is 1. The second-order valence-corrected chi connectivity index (χ2v) is 36.8. The molecule has 0 saturated carbocycles. The summed E-state index contributed by atoms with van der Waals surface area (Å²) in [7, 11) is -0.209. The van der Waals surface area contributed by atoms with Crippen LogP contribution in [0.25, 0.3) is 0 Å². The van der Waals surface area contributed by atoms with E-state index in [4.69, 9.17) is 213 Å². The molecule has 0 aromatic carbocycles. The Morgan fingerprint density at radius 2 is 0.161 bits per heavy atom. The lowest BCUT2D eigenvalue weighted by Gasteiger charge is -2.12. The zero-order valence-corrected chi connectivity index (χ0v) is 93.3. The monoisotopic (exact) mass is 2200 g/mol. The van der Waals surface area contributed by atoms with Crippen molar-refractivity contribution in [3.63, 3.8) is 0 Å². The number of unbranched alkanes of at least 4 members (excludes halogenated alkanes) is 8. The molecule has 47 heteroatoms. The van der Waals surface area contributed by atoms with Crippen LogP contribution < -0.4 is 0 Å². The van der Waals surface area contributed by atoms with Gasteiger partial charge in [-0.2, -0.15) is 0 Å². The van der Waals surface area contributed by atoms with Gasteiger partial charge in [0.05, 0.1) is 581 Å². The third kappa shape index (κ3) is 146. The van der Waals surface area contributed by atoms with Crippen LogP contribution in [0.5, 0.6) is 0 Å². The molecule has 0 aliphatic heterocycles. The summed E-state index contributed by atoms with van der Waals surface area (Å²) in [5, 5.41) is 0. The topological polar surface area (TPSA) is 436 Å². The maximum Gasteiger partial charge on any atom is 0.182 e. The molecular formula is C102H208O46Si. The van der Waals surface area contributed by atoms with Crippen molar-refractivity contribution in [2.45, 2.75) is 76.9 Å². The molecule has 1 N–H and O–H groups in total. The molecule has 0 aromatic heterocycles. The van der Waals surface area contributed by atoms with Gasteiger partial charge in [-0.3, -0.25) is 0 Å². The van der Waals surface area contributed by atoms with Gasteiger partial charge < -0.3 is 218 Å². The van der Waals surface area contributed by atoms with Crippen LogP contribution in [0.3, 0.4) is 0 Å². The molecule has 0 aliphatic carbocycles. The highest BCUT2D eigenvalue weighted by atomic mass is 28.4. The molecule has 896 valence electrons. The van der Waals surface area contributed by atoms with Crippen LogP contribution in [-0.4, -0.2) is 608 Å². The number of ether oxygens (including phenoxy) is 45. The lowest BCUT2D eigenvalue weighted by atomic mass is 10.1. The van der Waals surface area contributed by atoms with Gasteiger partial charge in [-0.15, -0.1) is 0 Å². The average molecular weight is 2200 g/mol. The van der Waals surface area contributed by atoms with E-state index in [-0.39, 0.29) is 0 Å². The summed E-state index contributed by atoms with van der Waals surface area (Å²) in [4.78, 5) is 9.91. The van der Waals surface area contributed by atoms with Gasteiger partial charge in [0.25, 0.3) is 0 Å². The highest BCUT2D eigenvalue weighted by Gasteiger charge is 2.16. The van der Waals surface area contributed by atoms with Gasteiger partial charge in [0.2, 0.25) is 0 Å². The molecule has 0 bridgehead atoms. The standard InChI is InChI=1S/C102H208O46Si/c1-104-14-15-106-18-19-108-22-23-110-26-27-112-30-31-114-34-35-116-38-39-118-42-43-120-46-47-122-50-51-124-54-55-126-58-59-128-62-63-130-66-67-132-70-71-134-74-75-136-78-79-138-82-83-140-86-87-142-90-91-144-94-95-146-98-99-148-101-100-147-97-96-145-93-92-143-89-88-141-85-84-139-81-80-137-77-76-135-73-72-133-69-68-131-65-64-129-61-60-127-57-56-125-53-52-123-49-48-121-45-44-119-41-40-117-37-36-115-33-32-113-29-28-111-25-24-109-21-20-107-17-16-105-13-11-9-7-5-4-6-8-10-12-102-149(2,3)103/h103H,4-102H2,1-3H3. The van der Waals surface area contributed by atoms with Crippen molar-refractivity contribution in [3.8, 4) is 0 Å². The third-order valence-corrected chi connectivity index (χ3v) is 21.1. The minimum Gasteiger partial charge on any atom is -0.432 e. The van der Waals surface area contributed by atoms with E-state index in [0.29, 0.717) is 581 Å². The van der Waals surface area contributed by atoms with Crippen LogP contribution in [0.1, 0.15) is 57.8 Å². The molecule has 149 heavy (non-hydrogen) atoms. The zero-order chi connectivity index (χ0) is 106. The van der Waals surface area contributed by atoms with Gasteiger partial charge in [-0.1, -0.05) is 51.4 Å². The Hall–Kier alpha value is -1.62. The van der Waals surface area contributed by atoms with E-state index >= 15 is 0 Å².